The van der Waals surface area contributed by atoms with E-state index in [-0.39, 0.29) is 22.4 Å². The Morgan fingerprint density at radius 3 is 2.07 bits per heavy atom. The first-order chi connectivity index (χ1) is 12.8. The van der Waals surface area contributed by atoms with Crippen molar-refractivity contribution in [1.29, 1.82) is 0 Å². The van der Waals surface area contributed by atoms with Crippen LogP contribution in [0, 0.1) is 51.8 Å². The summed E-state index contributed by atoms with van der Waals surface area (Å²) in [6.07, 6.45) is 8.71. The van der Waals surface area contributed by atoms with Gasteiger partial charge >= 0.3 is 5.97 Å². The van der Waals surface area contributed by atoms with Crippen LogP contribution in [-0.2, 0) is 9.53 Å². The molecule has 0 aromatic rings. The summed E-state index contributed by atoms with van der Waals surface area (Å²) in [4.78, 5) is 13.8. The molecule has 4 bridgehead atoms. The molecule has 0 aliphatic heterocycles. The molecule has 0 aromatic carbocycles. The minimum absolute atomic E-state index is 0.0732. The van der Waals surface area contributed by atoms with Crippen molar-refractivity contribution in [1.82, 2.24) is 0 Å². The van der Waals surface area contributed by atoms with Gasteiger partial charge in [-0.15, -0.1) is 0 Å². The van der Waals surface area contributed by atoms with Gasteiger partial charge in [-0.2, -0.15) is 0 Å². The summed E-state index contributed by atoms with van der Waals surface area (Å²) in [6.45, 7) is 17.8. The van der Waals surface area contributed by atoms with Gasteiger partial charge in [-0.25, -0.2) is 0 Å². The number of ether oxygens (including phenoxy) is 1. The molecule has 8 unspecified atom stereocenters. The monoisotopic (exact) mass is 388 g/mol. The van der Waals surface area contributed by atoms with Gasteiger partial charge in [-0.3, -0.25) is 4.79 Å². The maximum absolute atomic E-state index is 13.8. The van der Waals surface area contributed by atoms with E-state index < -0.39 is 5.41 Å². The van der Waals surface area contributed by atoms with Crippen LogP contribution in [0.15, 0.2) is 0 Å². The largest absolute Gasteiger partial charge is 0.458 e. The summed E-state index contributed by atoms with van der Waals surface area (Å²) >= 11 is 0. The highest BCUT2D eigenvalue weighted by Gasteiger charge is 2.68. The Labute approximate surface area is 173 Å². The second-order valence-electron chi connectivity index (χ2n) is 13.4. The van der Waals surface area contributed by atoms with Crippen LogP contribution in [-0.4, -0.2) is 11.6 Å². The highest BCUT2D eigenvalue weighted by atomic mass is 16.6. The molecule has 0 saturated heterocycles. The fourth-order valence-corrected chi connectivity index (χ4v) is 8.29. The average Bonchev–Trinajstić information content (AvgIpc) is 3.30. The number of hydrogen-bond acceptors (Lipinski definition) is 2. The Kier molecular flexibility index (Phi) is 4.62. The predicted molar refractivity (Wildman–Crippen MR) is 115 cm³/mol. The van der Waals surface area contributed by atoms with Crippen LogP contribution >= 0.6 is 0 Å². The molecule has 0 spiro atoms. The third kappa shape index (κ3) is 2.90. The number of rotatable bonds is 4. The Hall–Kier alpha value is -0.530. The quantitative estimate of drug-likeness (QED) is 0.388. The molecule has 0 N–H and O–H groups in total. The molecule has 2 nitrogen and oxygen atoms in total. The molecule has 0 aromatic heterocycles. The van der Waals surface area contributed by atoms with E-state index in [1.165, 1.54) is 25.7 Å². The van der Waals surface area contributed by atoms with E-state index in [2.05, 4.69) is 55.4 Å². The van der Waals surface area contributed by atoms with E-state index in [1.54, 1.807) is 0 Å². The number of hydrogen-bond donors (Lipinski definition) is 0. The van der Waals surface area contributed by atoms with Crippen LogP contribution in [0.5, 0.6) is 0 Å². The molecular formula is C26H44O2. The van der Waals surface area contributed by atoms with E-state index in [1.807, 2.05) is 0 Å². The van der Waals surface area contributed by atoms with Gasteiger partial charge in [-0.05, 0) is 92.3 Å². The molecule has 4 saturated carbocycles. The van der Waals surface area contributed by atoms with Crippen molar-refractivity contribution in [3.8, 4) is 0 Å². The maximum Gasteiger partial charge on any atom is 0.312 e. The van der Waals surface area contributed by atoms with Crippen molar-refractivity contribution in [2.75, 3.05) is 0 Å². The third-order valence-electron chi connectivity index (χ3n) is 9.78. The summed E-state index contributed by atoms with van der Waals surface area (Å²) in [5.74, 6) is 5.27. The fraction of sp³-hybridized carbons (Fsp3) is 0.962. The molecule has 2 heteroatoms. The Morgan fingerprint density at radius 2 is 1.54 bits per heavy atom. The fourth-order valence-electron chi connectivity index (χ4n) is 8.29. The lowest BCUT2D eigenvalue weighted by Gasteiger charge is -2.49. The van der Waals surface area contributed by atoms with E-state index >= 15 is 0 Å². The minimum atomic E-state index is -0.455. The highest BCUT2D eigenvalue weighted by Crippen LogP contribution is 2.71. The first-order valence-corrected chi connectivity index (χ1v) is 12.0. The van der Waals surface area contributed by atoms with E-state index in [4.69, 9.17) is 4.74 Å². The van der Waals surface area contributed by atoms with Crippen molar-refractivity contribution >= 4 is 5.97 Å². The van der Waals surface area contributed by atoms with Crippen molar-refractivity contribution in [2.45, 2.75) is 106 Å². The van der Waals surface area contributed by atoms with Gasteiger partial charge in [0, 0.05) is 5.92 Å². The standard InChI is InChI=1S/C26H44O2/c1-9-26(28-22(27)25(8,24(5,6)7)15-23(2,3)4)14-18-13-19(26)21-17-11-10-16(12-17)20(18)21/h16-21H,9-15H2,1-8H3. The zero-order valence-electron chi connectivity index (χ0n) is 19.7. The van der Waals surface area contributed by atoms with Crippen molar-refractivity contribution in [3.05, 3.63) is 0 Å². The Balaban J connectivity index is 1.59. The Morgan fingerprint density at radius 1 is 0.929 bits per heavy atom. The smallest absolute Gasteiger partial charge is 0.312 e. The van der Waals surface area contributed by atoms with Crippen molar-refractivity contribution in [2.24, 2.45) is 51.8 Å². The van der Waals surface area contributed by atoms with Gasteiger partial charge in [0.1, 0.15) is 5.60 Å². The third-order valence-corrected chi connectivity index (χ3v) is 9.78. The van der Waals surface area contributed by atoms with E-state index in [9.17, 15) is 4.79 Å². The summed E-state index contributed by atoms with van der Waals surface area (Å²) in [5, 5.41) is 0. The molecule has 0 heterocycles. The lowest BCUT2D eigenvalue weighted by Crippen LogP contribution is -2.52. The molecule has 4 aliphatic carbocycles. The second kappa shape index (κ2) is 6.24. The van der Waals surface area contributed by atoms with Crippen LogP contribution < -0.4 is 0 Å². The molecular weight excluding hydrogens is 344 g/mol. The van der Waals surface area contributed by atoms with Crippen molar-refractivity contribution < 1.29 is 9.53 Å². The molecule has 0 amide bonds. The van der Waals surface area contributed by atoms with Crippen LogP contribution in [0.3, 0.4) is 0 Å². The van der Waals surface area contributed by atoms with Crippen LogP contribution in [0.4, 0.5) is 0 Å². The first kappa shape index (κ1) is 20.7. The molecule has 28 heavy (non-hydrogen) atoms. The molecule has 4 aliphatic rings. The number of esters is 1. The minimum Gasteiger partial charge on any atom is -0.458 e. The highest BCUT2D eigenvalue weighted by molar-refractivity contribution is 5.78. The molecule has 160 valence electrons. The summed E-state index contributed by atoms with van der Waals surface area (Å²) in [7, 11) is 0. The molecule has 4 rings (SSSR count). The lowest BCUT2D eigenvalue weighted by atomic mass is 9.61. The second-order valence-corrected chi connectivity index (χ2v) is 13.4. The van der Waals surface area contributed by atoms with Gasteiger partial charge in [0.05, 0.1) is 5.41 Å². The summed E-state index contributed by atoms with van der Waals surface area (Å²) in [6, 6.07) is 0. The summed E-state index contributed by atoms with van der Waals surface area (Å²) in [5.41, 5.74) is -0.648. The van der Waals surface area contributed by atoms with Gasteiger partial charge < -0.3 is 4.74 Å². The number of carbonyl (C=O) groups excluding carboxylic acids is 1. The molecule has 8 atom stereocenters. The summed E-state index contributed by atoms with van der Waals surface area (Å²) < 4.78 is 6.70. The Bertz CT molecular complexity index is 638. The molecule has 0 radical (unpaired) electrons. The van der Waals surface area contributed by atoms with Gasteiger partial charge in [0.15, 0.2) is 0 Å². The average molecular weight is 389 g/mol. The van der Waals surface area contributed by atoms with Gasteiger partial charge in [0.2, 0.25) is 0 Å². The topological polar surface area (TPSA) is 26.3 Å². The first-order valence-electron chi connectivity index (χ1n) is 12.0. The lowest BCUT2D eigenvalue weighted by molar-refractivity contribution is -0.192. The van der Waals surface area contributed by atoms with Crippen LogP contribution in [0.25, 0.3) is 0 Å². The van der Waals surface area contributed by atoms with Gasteiger partial charge in [0.25, 0.3) is 0 Å². The van der Waals surface area contributed by atoms with Crippen molar-refractivity contribution in [3.63, 3.8) is 0 Å². The van der Waals surface area contributed by atoms with Crippen LogP contribution in [0.1, 0.15) is 100 Å². The predicted octanol–water partition coefficient (Wildman–Crippen LogP) is 6.87. The SMILES string of the molecule is CCC1(OC(=O)C(C)(CC(C)(C)C)C(C)(C)C)CC2CC1C1C3CCC(C3)C21. The zero-order valence-corrected chi connectivity index (χ0v) is 19.7. The molecule has 4 fully saturated rings. The van der Waals surface area contributed by atoms with Crippen LogP contribution in [0.2, 0.25) is 0 Å². The zero-order chi connectivity index (χ0) is 20.7. The van der Waals surface area contributed by atoms with E-state index in [0.717, 1.165) is 48.9 Å². The van der Waals surface area contributed by atoms with E-state index in [0.29, 0.717) is 5.92 Å². The number of fused-ring (bicyclic) bond motifs is 9. The number of carbonyl (C=O) groups is 1. The normalized spacial score (nSPS) is 43.9. The van der Waals surface area contributed by atoms with Gasteiger partial charge in [-0.1, -0.05) is 48.5 Å². The maximum atomic E-state index is 13.8.